The van der Waals surface area contributed by atoms with Gasteiger partial charge >= 0.3 is 0 Å². The molecule has 1 heteroatoms. The van der Waals surface area contributed by atoms with E-state index in [0.717, 1.165) is 47.6 Å². The van der Waals surface area contributed by atoms with Crippen LogP contribution >= 0.6 is 0 Å². The molecule has 0 radical (unpaired) electrons. The summed E-state index contributed by atoms with van der Waals surface area (Å²) in [6.07, 6.45) is 16.4. The standard InChI is InChI=1S/C28H51N/c1-19(2)9-8-10-20(3)23-12-13-24-22-11-14-26-28(6,17-15-21(4)29(26)7)25(22)16-18-27(23,24)5/h19-26H,8-18H2,1-7H3/t20-,21+,22+,23-,24+,25+,26-,27-,28-/m1/s1. The second-order valence-electron chi connectivity index (χ2n) is 13.1. The minimum Gasteiger partial charge on any atom is -0.300 e. The molecule has 4 rings (SSSR count). The van der Waals surface area contributed by atoms with E-state index >= 15 is 0 Å². The molecule has 0 aromatic heterocycles. The van der Waals surface area contributed by atoms with Gasteiger partial charge in [-0.3, -0.25) is 0 Å². The zero-order valence-electron chi connectivity index (χ0n) is 20.8. The van der Waals surface area contributed by atoms with Gasteiger partial charge in [0.2, 0.25) is 0 Å². The molecule has 1 nitrogen and oxygen atoms in total. The van der Waals surface area contributed by atoms with Crippen molar-refractivity contribution in [2.45, 2.75) is 124 Å². The van der Waals surface area contributed by atoms with Crippen LogP contribution in [0, 0.1) is 46.3 Å². The zero-order chi connectivity index (χ0) is 21.0. The third kappa shape index (κ3) is 3.64. The maximum Gasteiger partial charge on any atom is 0.0152 e. The van der Waals surface area contributed by atoms with Crippen molar-refractivity contribution >= 4 is 0 Å². The van der Waals surface area contributed by atoms with E-state index in [0.29, 0.717) is 10.8 Å². The number of nitrogens with zero attached hydrogens (tertiary/aromatic N) is 1. The molecule has 3 aliphatic carbocycles. The summed E-state index contributed by atoms with van der Waals surface area (Å²) >= 11 is 0. The van der Waals surface area contributed by atoms with Crippen molar-refractivity contribution in [3.63, 3.8) is 0 Å². The lowest BCUT2D eigenvalue weighted by molar-refractivity contribution is -0.135. The second-order valence-corrected chi connectivity index (χ2v) is 13.1. The molecule has 9 atom stereocenters. The summed E-state index contributed by atoms with van der Waals surface area (Å²) in [5.74, 6) is 5.88. The molecule has 4 fully saturated rings. The fourth-order valence-electron chi connectivity index (χ4n) is 9.51. The van der Waals surface area contributed by atoms with Gasteiger partial charge in [-0.05, 0) is 112 Å². The van der Waals surface area contributed by atoms with Crippen LogP contribution in [0.3, 0.4) is 0 Å². The summed E-state index contributed by atoms with van der Waals surface area (Å²) < 4.78 is 0. The Labute approximate surface area is 182 Å². The van der Waals surface area contributed by atoms with Crippen LogP contribution in [0.5, 0.6) is 0 Å². The number of piperidine rings is 1. The lowest BCUT2D eigenvalue weighted by Crippen LogP contribution is -2.61. The van der Waals surface area contributed by atoms with Crippen molar-refractivity contribution in [1.29, 1.82) is 0 Å². The van der Waals surface area contributed by atoms with Crippen LogP contribution in [-0.4, -0.2) is 24.0 Å². The molecule has 168 valence electrons. The second kappa shape index (κ2) is 8.14. The summed E-state index contributed by atoms with van der Waals surface area (Å²) in [4.78, 5) is 2.78. The van der Waals surface area contributed by atoms with Crippen molar-refractivity contribution in [1.82, 2.24) is 4.90 Å². The van der Waals surface area contributed by atoms with Crippen LogP contribution < -0.4 is 0 Å². The van der Waals surface area contributed by atoms with Crippen LogP contribution in [-0.2, 0) is 0 Å². The molecule has 1 saturated heterocycles. The molecule has 1 aliphatic heterocycles. The van der Waals surface area contributed by atoms with Gasteiger partial charge < -0.3 is 4.90 Å². The van der Waals surface area contributed by atoms with Gasteiger partial charge in [0.05, 0.1) is 0 Å². The van der Waals surface area contributed by atoms with E-state index < -0.39 is 0 Å². The minimum atomic E-state index is 0.590. The predicted molar refractivity (Wildman–Crippen MR) is 126 cm³/mol. The van der Waals surface area contributed by atoms with Crippen molar-refractivity contribution in [2.75, 3.05) is 7.05 Å². The maximum absolute atomic E-state index is 2.78. The van der Waals surface area contributed by atoms with E-state index in [1.165, 1.54) is 64.2 Å². The lowest BCUT2D eigenvalue weighted by Gasteiger charge is -2.63. The average molecular weight is 402 g/mol. The molecule has 0 spiro atoms. The van der Waals surface area contributed by atoms with E-state index in [1.54, 1.807) is 6.42 Å². The number of hydrogen-bond acceptors (Lipinski definition) is 1. The summed E-state index contributed by atoms with van der Waals surface area (Å²) in [7, 11) is 2.43. The largest absolute Gasteiger partial charge is 0.300 e. The highest BCUT2D eigenvalue weighted by Gasteiger charge is 2.61. The maximum atomic E-state index is 2.78. The summed E-state index contributed by atoms with van der Waals surface area (Å²) in [6.45, 7) is 15.3. The van der Waals surface area contributed by atoms with Gasteiger partial charge in [0.1, 0.15) is 0 Å². The first-order valence-corrected chi connectivity index (χ1v) is 13.4. The van der Waals surface area contributed by atoms with Crippen molar-refractivity contribution in [3.8, 4) is 0 Å². The Morgan fingerprint density at radius 2 is 1.52 bits per heavy atom. The smallest absolute Gasteiger partial charge is 0.0152 e. The Hall–Kier alpha value is -0.0400. The molecule has 0 bridgehead atoms. The highest BCUT2D eigenvalue weighted by atomic mass is 15.2. The first-order chi connectivity index (χ1) is 13.7. The summed E-state index contributed by atoms with van der Waals surface area (Å²) in [5.41, 5.74) is 1.24. The molecular formula is C28H51N. The van der Waals surface area contributed by atoms with Crippen molar-refractivity contribution < 1.29 is 0 Å². The number of fused-ring (bicyclic) bond motifs is 5. The molecular weight excluding hydrogens is 350 g/mol. The number of likely N-dealkylation sites (tertiary alicyclic amines) is 1. The topological polar surface area (TPSA) is 3.24 Å². The highest BCUT2D eigenvalue weighted by molar-refractivity contribution is 5.11. The fraction of sp³-hybridized carbons (Fsp3) is 1.00. The van der Waals surface area contributed by atoms with Crippen LogP contribution in [0.15, 0.2) is 0 Å². The van der Waals surface area contributed by atoms with Gasteiger partial charge in [-0.15, -0.1) is 0 Å². The molecule has 1 heterocycles. The summed E-state index contributed by atoms with van der Waals surface area (Å²) in [5, 5.41) is 0. The van der Waals surface area contributed by atoms with Gasteiger partial charge in [0.15, 0.2) is 0 Å². The normalized spacial score (nSPS) is 48.8. The molecule has 3 saturated carbocycles. The van der Waals surface area contributed by atoms with Crippen LogP contribution in [0.2, 0.25) is 0 Å². The Morgan fingerprint density at radius 3 is 2.24 bits per heavy atom. The van der Waals surface area contributed by atoms with E-state index in [4.69, 9.17) is 0 Å². The molecule has 0 aromatic rings. The Balaban J connectivity index is 1.48. The van der Waals surface area contributed by atoms with Crippen molar-refractivity contribution in [3.05, 3.63) is 0 Å². The fourth-order valence-corrected chi connectivity index (χ4v) is 9.51. The molecule has 4 aliphatic rings. The lowest BCUT2D eigenvalue weighted by atomic mass is 9.46. The zero-order valence-corrected chi connectivity index (χ0v) is 20.8. The van der Waals surface area contributed by atoms with E-state index in [1.807, 2.05) is 0 Å². The van der Waals surface area contributed by atoms with Crippen LogP contribution in [0.1, 0.15) is 112 Å². The van der Waals surface area contributed by atoms with Crippen molar-refractivity contribution in [2.24, 2.45) is 46.3 Å². The van der Waals surface area contributed by atoms with Gasteiger partial charge in [0.25, 0.3) is 0 Å². The average Bonchev–Trinajstić information content (AvgIpc) is 3.02. The molecule has 0 amide bonds. The molecule has 0 unspecified atom stereocenters. The first-order valence-electron chi connectivity index (χ1n) is 13.4. The van der Waals surface area contributed by atoms with Gasteiger partial charge in [-0.25, -0.2) is 0 Å². The highest BCUT2D eigenvalue weighted by Crippen LogP contribution is 2.67. The van der Waals surface area contributed by atoms with E-state index in [2.05, 4.69) is 53.5 Å². The molecule has 29 heavy (non-hydrogen) atoms. The SMILES string of the molecule is CC(C)CCC[C@@H](C)[C@H]1CC[C@H]2[C@@H]3CC[C@H]4N(C)[C@@H](C)CC[C@]4(C)[C@H]3CC[C@]12C. The quantitative estimate of drug-likeness (QED) is 0.454. The first kappa shape index (κ1) is 22.2. The molecule has 0 aromatic carbocycles. The van der Waals surface area contributed by atoms with Gasteiger partial charge in [0, 0.05) is 12.1 Å². The van der Waals surface area contributed by atoms with E-state index in [-0.39, 0.29) is 0 Å². The molecule has 0 N–H and O–H groups in total. The van der Waals surface area contributed by atoms with Crippen LogP contribution in [0.25, 0.3) is 0 Å². The number of rotatable bonds is 5. The Bertz CT molecular complexity index is 569. The predicted octanol–water partition coefficient (Wildman–Crippen LogP) is 7.79. The Kier molecular flexibility index (Phi) is 6.22. The minimum absolute atomic E-state index is 0.590. The van der Waals surface area contributed by atoms with Gasteiger partial charge in [-0.1, -0.05) is 53.9 Å². The van der Waals surface area contributed by atoms with E-state index in [9.17, 15) is 0 Å². The van der Waals surface area contributed by atoms with Gasteiger partial charge in [-0.2, -0.15) is 0 Å². The Morgan fingerprint density at radius 1 is 0.828 bits per heavy atom. The monoisotopic (exact) mass is 401 g/mol. The number of hydrogen-bond donors (Lipinski definition) is 0. The third-order valence-corrected chi connectivity index (χ3v) is 11.3. The van der Waals surface area contributed by atoms with Crippen LogP contribution in [0.4, 0.5) is 0 Å². The summed E-state index contributed by atoms with van der Waals surface area (Å²) in [6, 6.07) is 1.64. The third-order valence-electron chi connectivity index (χ3n) is 11.3.